The summed E-state index contributed by atoms with van der Waals surface area (Å²) in [5.41, 5.74) is 0.789. The highest BCUT2D eigenvalue weighted by atomic mass is 79.9. The van der Waals surface area contributed by atoms with E-state index in [1.165, 1.54) is 0 Å². The fourth-order valence-corrected chi connectivity index (χ4v) is 1.62. The summed E-state index contributed by atoms with van der Waals surface area (Å²) in [5, 5.41) is 4.17. The molecule has 0 aliphatic heterocycles. The van der Waals surface area contributed by atoms with Crippen molar-refractivity contribution >= 4 is 21.6 Å². The van der Waals surface area contributed by atoms with E-state index in [-0.39, 0.29) is 0 Å². The maximum atomic E-state index is 5.13. The molecule has 0 saturated carbocycles. The van der Waals surface area contributed by atoms with Crippen LogP contribution in [0.2, 0.25) is 0 Å². The minimum Gasteiger partial charge on any atom is -0.495 e. The van der Waals surface area contributed by atoms with E-state index in [0.29, 0.717) is 0 Å². The molecule has 0 aliphatic carbocycles. The second kappa shape index (κ2) is 2.99. The van der Waals surface area contributed by atoms with Crippen LogP contribution >= 0.6 is 15.9 Å². The van der Waals surface area contributed by atoms with Crippen molar-refractivity contribution in [2.75, 3.05) is 7.11 Å². The average molecular weight is 242 g/mol. The molecule has 0 unspecified atom stereocenters. The Morgan fingerprint density at radius 1 is 1.54 bits per heavy atom. The Morgan fingerprint density at radius 2 is 2.31 bits per heavy atom. The van der Waals surface area contributed by atoms with Crippen LogP contribution in [0.4, 0.5) is 0 Å². The van der Waals surface area contributed by atoms with E-state index in [9.17, 15) is 0 Å². The van der Waals surface area contributed by atoms with Gasteiger partial charge >= 0.3 is 0 Å². The lowest BCUT2D eigenvalue weighted by Gasteiger charge is -2.01. The lowest BCUT2D eigenvalue weighted by Crippen LogP contribution is -1.91. The molecule has 0 N–H and O–H groups in total. The van der Waals surface area contributed by atoms with Crippen LogP contribution in [0, 0.1) is 6.92 Å². The van der Waals surface area contributed by atoms with E-state index < -0.39 is 0 Å². The highest BCUT2D eigenvalue weighted by Gasteiger charge is 2.05. The van der Waals surface area contributed by atoms with Gasteiger partial charge in [-0.2, -0.15) is 5.10 Å². The highest BCUT2D eigenvalue weighted by Crippen LogP contribution is 2.24. The normalized spacial score (nSPS) is 10.7. The van der Waals surface area contributed by atoms with Crippen LogP contribution in [0.5, 0.6) is 5.75 Å². The number of halogens is 1. The van der Waals surface area contributed by atoms with E-state index in [1.807, 2.05) is 19.2 Å². The Balaban J connectivity index is 2.72. The largest absolute Gasteiger partial charge is 0.495 e. The fourth-order valence-electron chi connectivity index (χ4n) is 1.15. The average Bonchev–Trinajstić information content (AvgIpc) is 2.42. The number of fused-ring (bicyclic) bond motifs is 1. The van der Waals surface area contributed by atoms with E-state index in [2.05, 4.69) is 26.0 Å². The second-order valence-corrected chi connectivity index (χ2v) is 3.51. The van der Waals surface area contributed by atoms with Crippen LogP contribution in [-0.4, -0.2) is 21.7 Å². The van der Waals surface area contributed by atoms with Crippen molar-refractivity contribution in [1.82, 2.24) is 14.6 Å². The number of pyridine rings is 1. The molecule has 5 heteroatoms. The summed E-state index contributed by atoms with van der Waals surface area (Å²) >= 11 is 3.37. The molecule has 2 rings (SSSR count). The lowest BCUT2D eigenvalue weighted by molar-refractivity contribution is 0.411. The molecule has 0 amide bonds. The van der Waals surface area contributed by atoms with Crippen molar-refractivity contribution in [3.8, 4) is 5.75 Å². The summed E-state index contributed by atoms with van der Waals surface area (Å²) in [6, 6.07) is 1.84. The number of hydrogen-bond acceptors (Lipinski definition) is 3. The predicted molar refractivity (Wildman–Crippen MR) is 52.0 cm³/mol. The number of aryl methyl sites for hydroxylation is 1. The molecule has 0 radical (unpaired) electrons. The molecule has 0 aliphatic rings. The predicted octanol–water partition coefficient (Wildman–Crippen LogP) is 1.81. The van der Waals surface area contributed by atoms with Crippen LogP contribution in [0.3, 0.4) is 0 Å². The van der Waals surface area contributed by atoms with Crippen molar-refractivity contribution in [1.29, 1.82) is 0 Å². The Labute approximate surface area is 83.7 Å². The molecule has 2 aromatic rings. The number of hydrogen-bond donors (Lipinski definition) is 0. The number of rotatable bonds is 1. The second-order valence-electron chi connectivity index (χ2n) is 2.65. The first kappa shape index (κ1) is 8.50. The van der Waals surface area contributed by atoms with Crippen molar-refractivity contribution in [3.63, 3.8) is 0 Å². The third-order valence-corrected chi connectivity index (χ3v) is 2.31. The smallest absolute Gasteiger partial charge is 0.159 e. The maximum Gasteiger partial charge on any atom is 0.159 e. The SMILES string of the molecule is COc1cc2nc(C)nn2cc1Br. The molecule has 2 aromatic heterocycles. The van der Waals surface area contributed by atoms with Gasteiger partial charge in [0.05, 0.1) is 11.6 Å². The van der Waals surface area contributed by atoms with Crippen molar-refractivity contribution in [2.24, 2.45) is 0 Å². The molecule has 68 valence electrons. The molecular weight excluding hydrogens is 234 g/mol. The van der Waals surface area contributed by atoms with Gasteiger partial charge < -0.3 is 4.74 Å². The van der Waals surface area contributed by atoms with Gasteiger partial charge in [-0.3, -0.25) is 0 Å². The van der Waals surface area contributed by atoms with Crippen LogP contribution < -0.4 is 4.74 Å². The molecule has 0 bridgehead atoms. The lowest BCUT2D eigenvalue weighted by atomic mass is 10.4. The van der Waals surface area contributed by atoms with Gasteiger partial charge in [0.1, 0.15) is 11.6 Å². The number of ether oxygens (including phenoxy) is 1. The first-order chi connectivity index (χ1) is 6.20. The number of aromatic nitrogens is 3. The molecule has 0 saturated heterocycles. The minimum atomic E-state index is 0.750. The zero-order chi connectivity index (χ0) is 9.42. The third kappa shape index (κ3) is 1.39. The van der Waals surface area contributed by atoms with E-state index in [1.54, 1.807) is 11.6 Å². The molecule has 0 aromatic carbocycles. The van der Waals surface area contributed by atoms with Crippen molar-refractivity contribution in [3.05, 3.63) is 22.6 Å². The van der Waals surface area contributed by atoms with Crippen LogP contribution in [0.25, 0.3) is 5.65 Å². The Bertz CT molecular complexity index is 452. The quantitative estimate of drug-likeness (QED) is 0.765. The van der Waals surface area contributed by atoms with Gasteiger partial charge in [-0.25, -0.2) is 9.50 Å². The maximum absolute atomic E-state index is 5.13. The van der Waals surface area contributed by atoms with E-state index in [4.69, 9.17) is 4.74 Å². The zero-order valence-electron chi connectivity index (χ0n) is 7.28. The van der Waals surface area contributed by atoms with Gasteiger partial charge in [-0.1, -0.05) is 0 Å². The topological polar surface area (TPSA) is 39.4 Å². The molecule has 0 fully saturated rings. The molecule has 4 nitrogen and oxygen atoms in total. The molecule has 13 heavy (non-hydrogen) atoms. The standard InChI is InChI=1S/C8H8BrN3O/c1-5-10-8-3-7(13-2)6(9)4-12(8)11-5/h3-4H,1-2H3. The molecule has 0 atom stereocenters. The zero-order valence-corrected chi connectivity index (χ0v) is 8.87. The Hall–Kier alpha value is -1.10. The van der Waals surface area contributed by atoms with Gasteiger partial charge in [0.25, 0.3) is 0 Å². The molecule has 0 spiro atoms. The highest BCUT2D eigenvalue weighted by molar-refractivity contribution is 9.10. The summed E-state index contributed by atoms with van der Waals surface area (Å²) in [7, 11) is 1.62. The van der Waals surface area contributed by atoms with Crippen LogP contribution in [-0.2, 0) is 0 Å². The Kier molecular flexibility index (Phi) is 1.95. The number of nitrogens with zero attached hydrogens (tertiary/aromatic N) is 3. The minimum absolute atomic E-state index is 0.750. The van der Waals surface area contributed by atoms with Gasteiger partial charge in [0.2, 0.25) is 0 Å². The summed E-state index contributed by atoms with van der Waals surface area (Å²) in [6.07, 6.45) is 1.83. The monoisotopic (exact) mass is 241 g/mol. The first-order valence-electron chi connectivity index (χ1n) is 3.77. The van der Waals surface area contributed by atoms with Gasteiger partial charge in [0, 0.05) is 12.3 Å². The summed E-state index contributed by atoms with van der Waals surface area (Å²) in [5.74, 6) is 1.51. The fraction of sp³-hybridized carbons (Fsp3) is 0.250. The van der Waals surface area contributed by atoms with E-state index in [0.717, 1.165) is 21.7 Å². The Morgan fingerprint density at radius 3 is 3.00 bits per heavy atom. The number of methoxy groups -OCH3 is 1. The van der Waals surface area contributed by atoms with Crippen molar-refractivity contribution < 1.29 is 4.74 Å². The summed E-state index contributed by atoms with van der Waals surface area (Å²) < 4.78 is 7.71. The van der Waals surface area contributed by atoms with Gasteiger partial charge in [0.15, 0.2) is 5.65 Å². The van der Waals surface area contributed by atoms with Gasteiger partial charge in [-0.15, -0.1) is 0 Å². The summed E-state index contributed by atoms with van der Waals surface area (Å²) in [4.78, 5) is 4.21. The van der Waals surface area contributed by atoms with Crippen molar-refractivity contribution in [2.45, 2.75) is 6.92 Å². The molecule has 2 heterocycles. The van der Waals surface area contributed by atoms with Crippen LogP contribution in [0.15, 0.2) is 16.7 Å². The van der Waals surface area contributed by atoms with Gasteiger partial charge in [-0.05, 0) is 22.9 Å². The molecular formula is C8H8BrN3O. The summed E-state index contributed by atoms with van der Waals surface area (Å²) in [6.45, 7) is 1.85. The first-order valence-corrected chi connectivity index (χ1v) is 4.56. The third-order valence-electron chi connectivity index (χ3n) is 1.71. The van der Waals surface area contributed by atoms with E-state index >= 15 is 0 Å². The van der Waals surface area contributed by atoms with Crippen LogP contribution in [0.1, 0.15) is 5.82 Å².